The minimum absolute atomic E-state index is 0.548. The van der Waals surface area contributed by atoms with Crippen molar-refractivity contribution in [1.29, 1.82) is 0 Å². The monoisotopic (exact) mass is 192 g/mol. The van der Waals surface area contributed by atoms with E-state index < -0.39 is 0 Å². The van der Waals surface area contributed by atoms with Gasteiger partial charge in [-0.15, -0.1) is 0 Å². The lowest BCUT2D eigenvalue weighted by Crippen LogP contribution is -2.38. The van der Waals surface area contributed by atoms with Gasteiger partial charge in [0.1, 0.15) is 0 Å². The fourth-order valence-electron chi connectivity index (χ4n) is 1.87. The predicted octanol–water partition coefficient (Wildman–Crippen LogP) is 1.44. The van der Waals surface area contributed by atoms with Crippen LogP contribution in [-0.4, -0.2) is 22.6 Å². The normalized spacial score (nSPS) is 22.4. The van der Waals surface area contributed by atoms with Crippen LogP contribution in [0.1, 0.15) is 26.2 Å². The van der Waals surface area contributed by atoms with Crippen molar-refractivity contribution in [1.82, 2.24) is 9.97 Å². The summed E-state index contributed by atoms with van der Waals surface area (Å²) >= 11 is 0. The summed E-state index contributed by atoms with van der Waals surface area (Å²) in [7, 11) is 0. The van der Waals surface area contributed by atoms with Crippen molar-refractivity contribution in [3.63, 3.8) is 0 Å². The summed E-state index contributed by atoms with van der Waals surface area (Å²) < 4.78 is 0. The molecule has 0 aliphatic carbocycles. The molecular weight excluding hydrogens is 176 g/mol. The Morgan fingerprint density at radius 2 is 2.07 bits per heavy atom. The summed E-state index contributed by atoms with van der Waals surface area (Å²) in [6.45, 7) is 3.28. The van der Waals surface area contributed by atoms with Crippen LogP contribution in [0.25, 0.3) is 0 Å². The molecule has 0 amide bonds. The quantitative estimate of drug-likeness (QED) is 0.731. The van der Waals surface area contributed by atoms with Crippen molar-refractivity contribution in [2.75, 3.05) is 17.2 Å². The molecule has 4 nitrogen and oxygen atoms in total. The highest BCUT2D eigenvalue weighted by atomic mass is 15.3. The first-order chi connectivity index (χ1) is 6.77. The number of nitrogens with zero attached hydrogens (tertiary/aromatic N) is 3. The smallest absolute Gasteiger partial charge is 0.225 e. The Morgan fingerprint density at radius 3 is 2.71 bits per heavy atom. The number of hydrogen-bond donors (Lipinski definition) is 1. The second-order valence-electron chi connectivity index (χ2n) is 3.85. The molecule has 0 radical (unpaired) electrons. The van der Waals surface area contributed by atoms with Crippen LogP contribution in [-0.2, 0) is 0 Å². The van der Waals surface area contributed by atoms with Crippen LogP contribution >= 0.6 is 0 Å². The molecule has 1 aromatic rings. The van der Waals surface area contributed by atoms with E-state index >= 15 is 0 Å². The molecule has 4 heteroatoms. The van der Waals surface area contributed by atoms with Crippen molar-refractivity contribution in [2.24, 2.45) is 0 Å². The molecule has 2 rings (SSSR count). The minimum atomic E-state index is 0.548. The summed E-state index contributed by atoms with van der Waals surface area (Å²) in [4.78, 5) is 10.7. The van der Waals surface area contributed by atoms with Gasteiger partial charge in [0.25, 0.3) is 0 Å². The van der Waals surface area contributed by atoms with Crippen molar-refractivity contribution in [3.05, 3.63) is 12.4 Å². The van der Waals surface area contributed by atoms with E-state index in [1.165, 1.54) is 19.3 Å². The Labute approximate surface area is 84.2 Å². The maximum atomic E-state index is 5.55. The Balaban J connectivity index is 2.16. The second-order valence-corrected chi connectivity index (χ2v) is 3.85. The van der Waals surface area contributed by atoms with Crippen molar-refractivity contribution >= 4 is 11.6 Å². The van der Waals surface area contributed by atoms with Crippen LogP contribution in [0.5, 0.6) is 0 Å². The number of nitrogens with two attached hydrogens (primary N) is 1. The first-order valence-corrected chi connectivity index (χ1v) is 5.11. The van der Waals surface area contributed by atoms with Crippen molar-refractivity contribution in [2.45, 2.75) is 32.2 Å². The molecule has 2 heterocycles. The standard InChI is InChI=1S/C10H16N4/c1-8-4-2-3-5-14(8)10-12-6-9(11)7-13-10/h6-8H,2-5,11H2,1H3/t8-/m1/s1. The highest BCUT2D eigenvalue weighted by molar-refractivity contribution is 5.38. The number of nitrogen functional groups attached to an aromatic ring is 1. The van der Waals surface area contributed by atoms with Gasteiger partial charge in [-0.25, -0.2) is 9.97 Å². The molecule has 1 aromatic heterocycles. The number of piperidine rings is 1. The average molecular weight is 192 g/mol. The zero-order chi connectivity index (χ0) is 9.97. The van der Waals surface area contributed by atoms with Crippen LogP contribution in [0.2, 0.25) is 0 Å². The lowest BCUT2D eigenvalue weighted by atomic mass is 10.0. The maximum Gasteiger partial charge on any atom is 0.225 e. The van der Waals surface area contributed by atoms with Crippen LogP contribution in [0.4, 0.5) is 11.6 Å². The Hall–Kier alpha value is -1.32. The van der Waals surface area contributed by atoms with E-state index in [0.717, 1.165) is 12.5 Å². The van der Waals surface area contributed by atoms with Crippen LogP contribution in [0.3, 0.4) is 0 Å². The molecule has 0 saturated carbocycles. The third-order valence-electron chi connectivity index (χ3n) is 2.72. The molecule has 1 aliphatic heterocycles. The summed E-state index contributed by atoms with van der Waals surface area (Å²) in [6, 6.07) is 0.548. The first kappa shape index (κ1) is 9.24. The minimum Gasteiger partial charge on any atom is -0.396 e. The molecule has 2 N–H and O–H groups in total. The highest BCUT2D eigenvalue weighted by Gasteiger charge is 2.20. The Bertz CT molecular complexity index is 295. The van der Waals surface area contributed by atoms with Gasteiger partial charge in [-0.2, -0.15) is 0 Å². The van der Waals surface area contributed by atoms with Gasteiger partial charge in [0.15, 0.2) is 0 Å². The molecule has 0 unspecified atom stereocenters. The predicted molar refractivity (Wildman–Crippen MR) is 57.1 cm³/mol. The molecule has 1 saturated heterocycles. The largest absolute Gasteiger partial charge is 0.396 e. The van der Waals surface area contributed by atoms with Crippen LogP contribution in [0.15, 0.2) is 12.4 Å². The molecule has 1 fully saturated rings. The van der Waals surface area contributed by atoms with Crippen molar-refractivity contribution < 1.29 is 0 Å². The number of aromatic nitrogens is 2. The third kappa shape index (κ3) is 1.78. The summed E-state index contributed by atoms with van der Waals surface area (Å²) in [5.41, 5.74) is 6.17. The molecule has 76 valence electrons. The van der Waals surface area contributed by atoms with Crippen LogP contribution in [0, 0.1) is 0 Å². The van der Waals surface area contributed by atoms with E-state index in [1.807, 2.05) is 0 Å². The van der Waals surface area contributed by atoms with Gasteiger partial charge >= 0.3 is 0 Å². The van der Waals surface area contributed by atoms with E-state index in [2.05, 4.69) is 21.8 Å². The lowest BCUT2D eigenvalue weighted by Gasteiger charge is -2.33. The van der Waals surface area contributed by atoms with Gasteiger partial charge in [-0.1, -0.05) is 0 Å². The van der Waals surface area contributed by atoms with Gasteiger partial charge in [0.05, 0.1) is 18.1 Å². The van der Waals surface area contributed by atoms with E-state index in [0.29, 0.717) is 11.7 Å². The summed E-state index contributed by atoms with van der Waals surface area (Å²) in [6.07, 6.45) is 7.12. The number of rotatable bonds is 1. The van der Waals surface area contributed by atoms with E-state index in [1.54, 1.807) is 12.4 Å². The summed E-state index contributed by atoms with van der Waals surface area (Å²) in [5, 5.41) is 0. The Kier molecular flexibility index (Phi) is 2.52. The van der Waals surface area contributed by atoms with Gasteiger partial charge < -0.3 is 10.6 Å². The Morgan fingerprint density at radius 1 is 1.36 bits per heavy atom. The van der Waals surface area contributed by atoms with Gasteiger partial charge in [0.2, 0.25) is 5.95 Å². The second kappa shape index (κ2) is 3.82. The zero-order valence-electron chi connectivity index (χ0n) is 8.48. The number of hydrogen-bond acceptors (Lipinski definition) is 4. The summed E-state index contributed by atoms with van der Waals surface area (Å²) in [5.74, 6) is 0.811. The molecule has 14 heavy (non-hydrogen) atoms. The molecule has 0 aromatic carbocycles. The van der Waals surface area contributed by atoms with Crippen LogP contribution < -0.4 is 10.6 Å². The molecular formula is C10H16N4. The topological polar surface area (TPSA) is 55.0 Å². The molecule has 1 atom stereocenters. The molecule has 1 aliphatic rings. The third-order valence-corrected chi connectivity index (χ3v) is 2.72. The number of anilines is 2. The lowest BCUT2D eigenvalue weighted by molar-refractivity contribution is 0.477. The fourth-order valence-corrected chi connectivity index (χ4v) is 1.87. The SMILES string of the molecule is C[C@@H]1CCCCN1c1ncc(N)cn1. The van der Waals surface area contributed by atoms with Gasteiger partial charge in [0, 0.05) is 12.6 Å². The average Bonchev–Trinajstić information content (AvgIpc) is 2.20. The molecule has 0 bridgehead atoms. The molecule has 0 spiro atoms. The van der Waals surface area contributed by atoms with E-state index in [-0.39, 0.29) is 0 Å². The highest BCUT2D eigenvalue weighted by Crippen LogP contribution is 2.20. The van der Waals surface area contributed by atoms with E-state index in [4.69, 9.17) is 5.73 Å². The zero-order valence-corrected chi connectivity index (χ0v) is 8.48. The fraction of sp³-hybridized carbons (Fsp3) is 0.600. The maximum absolute atomic E-state index is 5.55. The van der Waals surface area contributed by atoms with Gasteiger partial charge in [-0.05, 0) is 26.2 Å². The van der Waals surface area contributed by atoms with Crippen molar-refractivity contribution in [3.8, 4) is 0 Å². The first-order valence-electron chi connectivity index (χ1n) is 5.11. The van der Waals surface area contributed by atoms with E-state index in [9.17, 15) is 0 Å². The van der Waals surface area contributed by atoms with Gasteiger partial charge in [-0.3, -0.25) is 0 Å².